The van der Waals surface area contributed by atoms with Crippen LogP contribution in [-0.4, -0.2) is 20.5 Å². The molecule has 2 N–H and O–H groups in total. The Morgan fingerprint density at radius 3 is 2.30 bits per heavy atom. The molecule has 8 heteroatoms. The number of nitrogens with zero attached hydrogens (tertiary/aromatic N) is 1. The third-order valence-electron chi connectivity index (χ3n) is 3.80. The van der Waals surface area contributed by atoms with E-state index in [0.717, 1.165) is 17.5 Å². The molecule has 1 aromatic heterocycles. The minimum atomic E-state index is -3.83. The van der Waals surface area contributed by atoms with Crippen molar-refractivity contribution in [1.82, 2.24) is 4.98 Å². The lowest BCUT2D eigenvalue weighted by Gasteiger charge is -2.11. The number of hydrogen-bond acceptors (Lipinski definition) is 5. The number of halogens is 1. The van der Waals surface area contributed by atoms with E-state index in [1.54, 1.807) is 19.2 Å². The summed E-state index contributed by atoms with van der Waals surface area (Å²) in [5, 5.41) is 3.11. The standard InChI is InChI=1S/C19H18FN3O3S/c1-13-11-14(20)3-9-18(13)27(24,25)23-16-6-10-19(21-12-16)22-15-4-7-17(26-2)8-5-15/h3-12,23H,1-2H3,(H,21,22). The van der Waals surface area contributed by atoms with Gasteiger partial charge in [-0.2, -0.15) is 0 Å². The largest absolute Gasteiger partial charge is 0.497 e. The van der Waals surface area contributed by atoms with Gasteiger partial charge in [0.1, 0.15) is 17.4 Å². The van der Waals surface area contributed by atoms with E-state index in [-0.39, 0.29) is 4.90 Å². The molecular formula is C19H18FN3O3S. The zero-order valence-corrected chi connectivity index (χ0v) is 15.5. The van der Waals surface area contributed by atoms with Crippen LogP contribution in [0.15, 0.2) is 65.7 Å². The van der Waals surface area contributed by atoms with Crippen molar-refractivity contribution in [1.29, 1.82) is 0 Å². The zero-order valence-electron chi connectivity index (χ0n) is 14.7. The van der Waals surface area contributed by atoms with Crippen LogP contribution in [-0.2, 0) is 10.0 Å². The molecule has 0 spiro atoms. The van der Waals surface area contributed by atoms with E-state index < -0.39 is 15.8 Å². The molecule has 0 saturated carbocycles. The third kappa shape index (κ3) is 4.53. The molecule has 6 nitrogen and oxygen atoms in total. The van der Waals surface area contributed by atoms with Gasteiger partial charge in [-0.3, -0.25) is 4.72 Å². The molecule has 1 heterocycles. The molecule has 0 aliphatic rings. The van der Waals surface area contributed by atoms with Gasteiger partial charge in [0.15, 0.2) is 0 Å². The second kappa shape index (κ2) is 7.63. The lowest BCUT2D eigenvalue weighted by molar-refractivity contribution is 0.415. The Morgan fingerprint density at radius 1 is 1.00 bits per heavy atom. The number of rotatable bonds is 6. The third-order valence-corrected chi connectivity index (χ3v) is 5.35. The van der Waals surface area contributed by atoms with Crippen LogP contribution in [0, 0.1) is 12.7 Å². The van der Waals surface area contributed by atoms with Gasteiger partial charge in [0.25, 0.3) is 10.0 Å². The van der Waals surface area contributed by atoms with Gasteiger partial charge in [0.2, 0.25) is 0 Å². The maximum absolute atomic E-state index is 13.2. The first-order valence-corrected chi connectivity index (χ1v) is 9.52. The van der Waals surface area contributed by atoms with Crippen LogP contribution in [0.2, 0.25) is 0 Å². The molecule has 0 unspecified atom stereocenters. The topological polar surface area (TPSA) is 80.3 Å². The highest BCUT2D eigenvalue weighted by molar-refractivity contribution is 7.92. The average Bonchev–Trinajstić information content (AvgIpc) is 2.63. The summed E-state index contributed by atoms with van der Waals surface area (Å²) in [5.74, 6) is 0.817. The monoisotopic (exact) mass is 387 g/mol. The molecule has 140 valence electrons. The van der Waals surface area contributed by atoms with Crippen LogP contribution in [0.5, 0.6) is 5.75 Å². The summed E-state index contributed by atoms with van der Waals surface area (Å²) in [4.78, 5) is 4.22. The number of aryl methyl sites for hydroxylation is 1. The van der Waals surface area contributed by atoms with E-state index in [9.17, 15) is 12.8 Å². The van der Waals surface area contributed by atoms with Crippen molar-refractivity contribution in [3.63, 3.8) is 0 Å². The van der Waals surface area contributed by atoms with Crippen LogP contribution in [0.25, 0.3) is 0 Å². The summed E-state index contributed by atoms with van der Waals surface area (Å²) in [6.07, 6.45) is 1.41. The average molecular weight is 387 g/mol. The number of anilines is 3. The van der Waals surface area contributed by atoms with Gasteiger partial charge in [0, 0.05) is 5.69 Å². The number of aromatic nitrogens is 1. The van der Waals surface area contributed by atoms with Crippen molar-refractivity contribution in [3.05, 3.63) is 72.2 Å². The number of methoxy groups -OCH3 is 1. The van der Waals surface area contributed by atoms with Crippen molar-refractivity contribution < 1.29 is 17.5 Å². The minimum Gasteiger partial charge on any atom is -0.497 e. The summed E-state index contributed by atoms with van der Waals surface area (Å²) in [6.45, 7) is 1.54. The van der Waals surface area contributed by atoms with E-state index in [0.29, 0.717) is 17.1 Å². The summed E-state index contributed by atoms with van der Waals surface area (Å²) < 4.78 is 45.7. The molecule has 0 aliphatic carbocycles. The van der Waals surface area contributed by atoms with Crippen LogP contribution in [0.4, 0.5) is 21.6 Å². The Balaban J connectivity index is 1.73. The van der Waals surface area contributed by atoms with Gasteiger partial charge in [0.05, 0.1) is 23.9 Å². The van der Waals surface area contributed by atoms with Gasteiger partial charge < -0.3 is 10.1 Å². The number of sulfonamides is 1. The Morgan fingerprint density at radius 2 is 1.70 bits per heavy atom. The molecule has 3 rings (SSSR count). The normalized spacial score (nSPS) is 11.1. The molecule has 0 amide bonds. The van der Waals surface area contributed by atoms with E-state index >= 15 is 0 Å². The summed E-state index contributed by atoms with van der Waals surface area (Å²) in [5.41, 5.74) is 1.45. The Bertz CT molecular complexity index is 1040. The molecule has 2 aromatic carbocycles. The van der Waals surface area contributed by atoms with Gasteiger partial charge in [-0.05, 0) is 67.1 Å². The number of ether oxygens (including phenoxy) is 1. The SMILES string of the molecule is COc1ccc(Nc2ccc(NS(=O)(=O)c3ccc(F)cc3C)cn2)cc1. The second-order valence-corrected chi connectivity index (χ2v) is 7.45. The van der Waals surface area contributed by atoms with Crippen molar-refractivity contribution in [2.45, 2.75) is 11.8 Å². The number of nitrogens with one attached hydrogen (secondary N) is 2. The summed E-state index contributed by atoms with van der Waals surface area (Å²) in [7, 11) is -2.24. The van der Waals surface area contributed by atoms with Crippen LogP contribution in [0.3, 0.4) is 0 Å². The first-order chi connectivity index (χ1) is 12.9. The Kier molecular flexibility index (Phi) is 5.27. The first kappa shape index (κ1) is 18.7. The second-order valence-electron chi connectivity index (χ2n) is 5.80. The highest BCUT2D eigenvalue weighted by Crippen LogP contribution is 2.22. The number of hydrogen-bond donors (Lipinski definition) is 2. The molecule has 0 atom stereocenters. The van der Waals surface area contributed by atoms with Crippen molar-refractivity contribution >= 4 is 27.2 Å². The molecule has 0 fully saturated rings. The predicted molar refractivity (Wildman–Crippen MR) is 102 cm³/mol. The summed E-state index contributed by atoms with van der Waals surface area (Å²) >= 11 is 0. The van der Waals surface area contributed by atoms with Crippen LogP contribution in [0.1, 0.15) is 5.56 Å². The van der Waals surface area contributed by atoms with Crippen molar-refractivity contribution in [2.24, 2.45) is 0 Å². The van der Waals surface area contributed by atoms with Crippen LogP contribution < -0.4 is 14.8 Å². The van der Waals surface area contributed by atoms with E-state index in [1.165, 1.54) is 25.3 Å². The fourth-order valence-electron chi connectivity index (χ4n) is 2.47. The lowest BCUT2D eigenvalue weighted by Crippen LogP contribution is -2.14. The van der Waals surface area contributed by atoms with E-state index in [1.807, 2.05) is 24.3 Å². The molecule has 27 heavy (non-hydrogen) atoms. The van der Waals surface area contributed by atoms with Gasteiger partial charge in [-0.25, -0.2) is 17.8 Å². The summed E-state index contributed by atoms with van der Waals surface area (Å²) in [6, 6.07) is 14.1. The van der Waals surface area contributed by atoms with Crippen molar-refractivity contribution in [2.75, 3.05) is 17.1 Å². The highest BCUT2D eigenvalue weighted by atomic mass is 32.2. The molecule has 0 saturated heterocycles. The maximum atomic E-state index is 13.2. The predicted octanol–water partition coefficient (Wildman–Crippen LogP) is 4.08. The van der Waals surface area contributed by atoms with E-state index in [4.69, 9.17) is 4.74 Å². The quantitative estimate of drug-likeness (QED) is 0.666. The molecule has 0 radical (unpaired) electrons. The Hall–Kier alpha value is -3.13. The van der Waals surface area contributed by atoms with Crippen molar-refractivity contribution in [3.8, 4) is 5.75 Å². The van der Waals surface area contributed by atoms with Gasteiger partial charge >= 0.3 is 0 Å². The lowest BCUT2D eigenvalue weighted by atomic mass is 10.2. The van der Waals surface area contributed by atoms with Gasteiger partial charge in [-0.1, -0.05) is 0 Å². The molecule has 0 bridgehead atoms. The fourth-order valence-corrected chi connectivity index (χ4v) is 3.75. The molecular weight excluding hydrogens is 369 g/mol. The van der Waals surface area contributed by atoms with Crippen LogP contribution >= 0.6 is 0 Å². The molecule has 3 aromatic rings. The smallest absolute Gasteiger partial charge is 0.262 e. The van der Waals surface area contributed by atoms with E-state index in [2.05, 4.69) is 15.0 Å². The minimum absolute atomic E-state index is 0.0179. The zero-order chi connectivity index (χ0) is 19.4. The number of benzene rings is 2. The fraction of sp³-hybridized carbons (Fsp3) is 0.105. The van der Waals surface area contributed by atoms with Gasteiger partial charge in [-0.15, -0.1) is 0 Å². The first-order valence-electron chi connectivity index (χ1n) is 8.03. The number of pyridine rings is 1. The highest BCUT2D eigenvalue weighted by Gasteiger charge is 2.17. The Labute approximate surface area is 157 Å². The maximum Gasteiger partial charge on any atom is 0.262 e. The molecule has 0 aliphatic heterocycles.